The average molecular weight is 340 g/mol. The lowest BCUT2D eigenvalue weighted by Crippen LogP contribution is -2.21. The third-order valence-corrected chi connectivity index (χ3v) is 4.96. The molecule has 3 aromatic rings. The number of hydrogen-bond donors (Lipinski definition) is 0. The summed E-state index contributed by atoms with van der Waals surface area (Å²) in [5.74, 6) is -0.381. The van der Waals surface area contributed by atoms with Crippen LogP contribution < -0.4 is 5.56 Å². The number of benzene rings is 2. The molecule has 1 atom stereocenters. The molecule has 122 valence electrons. The fourth-order valence-corrected chi connectivity index (χ4v) is 3.48. The molecule has 0 fully saturated rings. The number of methoxy groups -OCH3 is 1. The Morgan fingerprint density at radius 1 is 1.12 bits per heavy atom. The van der Waals surface area contributed by atoms with Crippen molar-refractivity contribution in [3.8, 4) is 0 Å². The molecule has 0 saturated heterocycles. The third-order valence-electron chi connectivity index (χ3n) is 3.68. The zero-order chi connectivity index (χ0) is 17.1. The molecule has 0 radical (unpaired) electrons. The van der Waals surface area contributed by atoms with Crippen LogP contribution in [0.1, 0.15) is 10.8 Å². The summed E-state index contributed by atoms with van der Waals surface area (Å²) < 4.78 is 6.39. The summed E-state index contributed by atoms with van der Waals surface area (Å²) in [5, 5.41) is 0.437. The second kappa shape index (κ2) is 6.88. The Hall–Kier alpha value is -2.60. The first-order valence-corrected chi connectivity index (χ1v) is 8.25. The van der Waals surface area contributed by atoms with Gasteiger partial charge in [0.05, 0.1) is 18.0 Å². The molecule has 6 heteroatoms. The maximum absolute atomic E-state index is 12.5. The lowest BCUT2D eigenvalue weighted by Gasteiger charge is -2.16. The highest BCUT2D eigenvalue weighted by Crippen LogP contribution is 2.35. The van der Waals surface area contributed by atoms with Crippen LogP contribution in [0.5, 0.6) is 0 Å². The van der Waals surface area contributed by atoms with Gasteiger partial charge in [0, 0.05) is 7.05 Å². The molecule has 1 aromatic heterocycles. The number of fused-ring (bicyclic) bond motifs is 1. The SMILES string of the molecule is COC(=O)C(Sc1nc2ccccc2c(=O)n1C)c1ccccc1. The van der Waals surface area contributed by atoms with E-state index in [1.807, 2.05) is 36.4 Å². The highest BCUT2D eigenvalue weighted by atomic mass is 32.2. The Balaban J connectivity index is 2.07. The van der Waals surface area contributed by atoms with Crippen molar-refractivity contribution in [1.29, 1.82) is 0 Å². The van der Waals surface area contributed by atoms with E-state index in [0.717, 1.165) is 5.56 Å². The van der Waals surface area contributed by atoms with E-state index >= 15 is 0 Å². The zero-order valence-corrected chi connectivity index (χ0v) is 14.1. The summed E-state index contributed by atoms with van der Waals surface area (Å²) in [6, 6.07) is 16.5. The van der Waals surface area contributed by atoms with Crippen LogP contribution >= 0.6 is 11.8 Å². The molecule has 0 bridgehead atoms. The molecule has 1 heterocycles. The molecule has 0 spiro atoms. The predicted molar refractivity (Wildman–Crippen MR) is 94.0 cm³/mol. The number of hydrogen-bond acceptors (Lipinski definition) is 5. The molecule has 0 aliphatic rings. The van der Waals surface area contributed by atoms with Gasteiger partial charge < -0.3 is 4.74 Å². The lowest BCUT2D eigenvalue weighted by atomic mass is 10.1. The summed E-state index contributed by atoms with van der Waals surface area (Å²) in [4.78, 5) is 29.3. The summed E-state index contributed by atoms with van der Waals surface area (Å²) in [6.07, 6.45) is 0. The Labute approximate surface area is 143 Å². The molecule has 0 aliphatic carbocycles. The van der Waals surface area contributed by atoms with E-state index in [-0.39, 0.29) is 11.5 Å². The first kappa shape index (κ1) is 16.3. The smallest absolute Gasteiger partial charge is 0.323 e. The lowest BCUT2D eigenvalue weighted by molar-refractivity contribution is -0.140. The number of nitrogens with zero attached hydrogens (tertiary/aromatic N) is 2. The first-order valence-electron chi connectivity index (χ1n) is 7.37. The predicted octanol–water partition coefficient (Wildman–Crippen LogP) is 2.94. The summed E-state index contributed by atoms with van der Waals surface area (Å²) in [6.45, 7) is 0. The van der Waals surface area contributed by atoms with Gasteiger partial charge in [-0.1, -0.05) is 54.2 Å². The van der Waals surface area contributed by atoms with E-state index in [9.17, 15) is 9.59 Å². The minimum Gasteiger partial charge on any atom is -0.468 e. The second-order valence-electron chi connectivity index (χ2n) is 5.21. The van der Waals surface area contributed by atoms with Crippen molar-refractivity contribution in [1.82, 2.24) is 9.55 Å². The van der Waals surface area contributed by atoms with Crippen LogP contribution in [0, 0.1) is 0 Å². The number of carbonyl (C=O) groups excluding carboxylic acids is 1. The molecule has 2 aromatic carbocycles. The zero-order valence-electron chi connectivity index (χ0n) is 13.3. The minimum atomic E-state index is -0.588. The Kier molecular flexibility index (Phi) is 4.66. The molecule has 0 aliphatic heterocycles. The second-order valence-corrected chi connectivity index (χ2v) is 6.28. The van der Waals surface area contributed by atoms with Gasteiger partial charge in [-0.25, -0.2) is 4.98 Å². The highest BCUT2D eigenvalue weighted by Gasteiger charge is 2.25. The van der Waals surface area contributed by atoms with E-state index in [1.54, 1.807) is 25.2 Å². The number of para-hydroxylation sites is 1. The van der Waals surface area contributed by atoms with E-state index in [1.165, 1.54) is 23.4 Å². The van der Waals surface area contributed by atoms with Crippen molar-refractivity contribution in [2.45, 2.75) is 10.4 Å². The van der Waals surface area contributed by atoms with Crippen LogP contribution in [-0.4, -0.2) is 22.6 Å². The molecule has 24 heavy (non-hydrogen) atoms. The molecular weight excluding hydrogens is 324 g/mol. The minimum absolute atomic E-state index is 0.139. The maximum Gasteiger partial charge on any atom is 0.323 e. The molecule has 1 unspecified atom stereocenters. The van der Waals surface area contributed by atoms with Crippen LogP contribution in [0.4, 0.5) is 0 Å². The normalized spacial score (nSPS) is 12.1. The van der Waals surface area contributed by atoms with E-state index in [2.05, 4.69) is 4.98 Å². The summed E-state index contributed by atoms with van der Waals surface area (Å²) in [7, 11) is 3.01. The van der Waals surface area contributed by atoms with Gasteiger partial charge in [0.15, 0.2) is 5.16 Å². The molecule has 0 amide bonds. The topological polar surface area (TPSA) is 61.2 Å². The fraction of sp³-hybridized carbons (Fsp3) is 0.167. The molecule has 3 rings (SSSR count). The molecule has 5 nitrogen and oxygen atoms in total. The number of aromatic nitrogens is 2. The first-order chi connectivity index (χ1) is 11.6. The van der Waals surface area contributed by atoms with Gasteiger partial charge in [-0.05, 0) is 17.7 Å². The largest absolute Gasteiger partial charge is 0.468 e. The van der Waals surface area contributed by atoms with Gasteiger partial charge in [-0.2, -0.15) is 0 Å². The van der Waals surface area contributed by atoms with Crippen LogP contribution in [0.25, 0.3) is 10.9 Å². The van der Waals surface area contributed by atoms with Crippen LogP contribution in [-0.2, 0) is 16.6 Å². The monoisotopic (exact) mass is 340 g/mol. The van der Waals surface area contributed by atoms with E-state index < -0.39 is 5.25 Å². The fourth-order valence-electron chi connectivity index (χ4n) is 2.40. The molecule has 0 saturated carbocycles. The standard InChI is InChI=1S/C18H16N2O3S/c1-20-16(21)13-10-6-7-11-14(13)19-18(20)24-15(17(22)23-2)12-8-4-3-5-9-12/h3-11,15H,1-2H3. The number of thioether (sulfide) groups is 1. The van der Waals surface area contributed by atoms with Crippen molar-refractivity contribution >= 4 is 28.6 Å². The van der Waals surface area contributed by atoms with Gasteiger partial charge in [0.1, 0.15) is 5.25 Å². The van der Waals surface area contributed by atoms with Gasteiger partial charge in [-0.3, -0.25) is 14.2 Å². The van der Waals surface area contributed by atoms with Crippen molar-refractivity contribution in [2.24, 2.45) is 7.05 Å². The van der Waals surface area contributed by atoms with Gasteiger partial charge >= 0.3 is 5.97 Å². The van der Waals surface area contributed by atoms with Crippen molar-refractivity contribution in [3.05, 3.63) is 70.5 Å². The van der Waals surface area contributed by atoms with Crippen LogP contribution in [0.15, 0.2) is 64.5 Å². The maximum atomic E-state index is 12.5. The molecule has 0 N–H and O–H groups in total. The van der Waals surface area contributed by atoms with Crippen LogP contribution in [0.2, 0.25) is 0 Å². The van der Waals surface area contributed by atoms with Gasteiger partial charge in [0.25, 0.3) is 5.56 Å². The van der Waals surface area contributed by atoms with Crippen molar-refractivity contribution in [3.63, 3.8) is 0 Å². The molecular formula is C18H16N2O3S. The Morgan fingerprint density at radius 2 is 1.79 bits per heavy atom. The van der Waals surface area contributed by atoms with Gasteiger partial charge in [0.2, 0.25) is 0 Å². The summed E-state index contributed by atoms with van der Waals surface area (Å²) in [5.41, 5.74) is 1.27. The van der Waals surface area contributed by atoms with E-state index in [4.69, 9.17) is 4.74 Å². The Bertz CT molecular complexity index is 938. The summed E-state index contributed by atoms with van der Waals surface area (Å²) >= 11 is 1.21. The Morgan fingerprint density at radius 3 is 2.50 bits per heavy atom. The van der Waals surface area contributed by atoms with Crippen LogP contribution in [0.3, 0.4) is 0 Å². The number of carbonyl (C=O) groups is 1. The van der Waals surface area contributed by atoms with Crippen molar-refractivity contribution < 1.29 is 9.53 Å². The number of esters is 1. The number of rotatable bonds is 4. The van der Waals surface area contributed by atoms with E-state index in [0.29, 0.717) is 16.1 Å². The number of ether oxygens (including phenoxy) is 1. The average Bonchev–Trinajstić information content (AvgIpc) is 2.63. The highest BCUT2D eigenvalue weighted by molar-refractivity contribution is 8.00. The third kappa shape index (κ3) is 3.05. The van der Waals surface area contributed by atoms with Crippen molar-refractivity contribution in [2.75, 3.05) is 7.11 Å². The van der Waals surface area contributed by atoms with Gasteiger partial charge in [-0.15, -0.1) is 0 Å². The quantitative estimate of drug-likeness (QED) is 0.415.